The molecule has 4 rings (SSSR count). The Morgan fingerprint density at radius 3 is 2.71 bits per heavy atom. The number of nitro groups is 1. The molecule has 31 heavy (non-hydrogen) atoms. The van der Waals surface area contributed by atoms with E-state index in [1.165, 1.54) is 18.2 Å². The predicted molar refractivity (Wildman–Crippen MR) is 113 cm³/mol. The van der Waals surface area contributed by atoms with Gasteiger partial charge in [-0.3, -0.25) is 15.2 Å². The molecule has 156 valence electrons. The van der Waals surface area contributed by atoms with E-state index >= 15 is 0 Å². The summed E-state index contributed by atoms with van der Waals surface area (Å²) in [6, 6.07) is 13.6. The Morgan fingerprint density at radius 1 is 1.32 bits per heavy atom. The topological polar surface area (TPSA) is 140 Å². The number of halogens is 1. The minimum absolute atomic E-state index is 0.0114. The van der Waals surface area contributed by atoms with Crippen molar-refractivity contribution in [3.05, 3.63) is 80.2 Å². The Kier molecular flexibility index (Phi) is 5.23. The number of nitrogens with two attached hydrogens (primary N) is 1. The maximum absolute atomic E-state index is 11.7. The van der Waals surface area contributed by atoms with Crippen molar-refractivity contribution in [2.75, 3.05) is 6.61 Å². The number of nitrogens with zero attached hydrogens (tertiary/aromatic N) is 3. The van der Waals surface area contributed by atoms with Crippen LogP contribution in [0.5, 0.6) is 11.6 Å². The van der Waals surface area contributed by atoms with Gasteiger partial charge in [-0.1, -0.05) is 17.7 Å². The molecule has 0 bridgehead atoms. The largest absolute Gasteiger partial charge is 0.494 e. The van der Waals surface area contributed by atoms with Gasteiger partial charge >= 0.3 is 0 Å². The van der Waals surface area contributed by atoms with Crippen LogP contribution in [-0.2, 0) is 0 Å². The Hall–Kier alpha value is -4.03. The number of nitro benzene ring substituents is 1. The molecule has 1 aliphatic heterocycles. The molecule has 0 aliphatic carbocycles. The van der Waals surface area contributed by atoms with Crippen LogP contribution < -0.4 is 15.2 Å². The Bertz CT molecular complexity index is 1240. The molecule has 0 radical (unpaired) electrons. The molecule has 0 saturated heterocycles. The molecule has 10 heteroatoms. The fourth-order valence-electron chi connectivity index (χ4n) is 3.61. The Labute approximate surface area is 181 Å². The smallest absolute Gasteiger partial charge is 0.275 e. The van der Waals surface area contributed by atoms with Gasteiger partial charge in [-0.25, -0.2) is 0 Å². The van der Waals surface area contributed by atoms with Crippen molar-refractivity contribution in [3.8, 4) is 29.0 Å². The summed E-state index contributed by atoms with van der Waals surface area (Å²) in [5.74, 6) is -0.308. The van der Waals surface area contributed by atoms with Gasteiger partial charge in [-0.2, -0.15) is 5.26 Å². The zero-order valence-corrected chi connectivity index (χ0v) is 17.0. The van der Waals surface area contributed by atoms with Gasteiger partial charge in [0.15, 0.2) is 0 Å². The lowest BCUT2D eigenvalue weighted by Gasteiger charge is -2.24. The highest BCUT2D eigenvalue weighted by molar-refractivity contribution is 6.31. The van der Waals surface area contributed by atoms with Crippen LogP contribution in [0.3, 0.4) is 0 Å². The average molecular weight is 438 g/mol. The molecule has 0 spiro atoms. The molecular formula is C21H16ClN5O4. The van der Waals surface area contributed by atoms with Crippen LogP contribution in [-0.4, -0.2) is 21.7 Å². The molecule has 0 saturated carbocycles. The summed E-state index contributed by atoms with van der Waals surface area (Å²) in [7, 11) is 0. The van der Waals surface area contributed by atoms with Gasteiger partial charge in [0, 0.05) is 11.6 Å². The number of ether oxygens (including phenoxy) is 2. The average Bonchev–Trinajstić information content (AvgIpc) is 3.17. The second kappa shape index (κ2) is 8.01. The molecule has 1 aliphatic rings. The molecule has 1 atom stereocenters. The van der Waals surface area contributed by atoms with Crippen molar-refractivity contribution < 1.29 is 14.4 Å². The first-order valence-corrected chi connectivity index (χ1v) is 9.65. The monoisotopic (exact) mass is 437 g/mol. The second-order valence-corrected chi connectivity index (χ2v) is 7.04. The summed E-state index contributed by atoms with van der Waals surface area (Å²) in [6.45, 7) is 2.41. The third-order valence-electron chi connectivity index (χ3n) is 4.91. The normalized spacial score (nSPS) is 15.1. The molecule has 3 aromatic rings. The van der Waals surface area contributed by atoms with Gasteiger partial charge in [0.2, 0.25) is 11.8 Å². The van der Waals surface area contributed by atoms with E-state index in [0.29, 0.717) is 23.6 Å². The van der Waals surface area contributed by atoms with E-state index in [9.17, 15) is 15.4 Å². The molecule has 2 aromatic carbocycles. The number of hydrogen-bond acceptors (Lipinski definition) is 7. The molecule has 3 N–H and O–H groups in total. The molecule has 2 heterocycles. The summed E-state index contributed by atoms with van der Waals surface area (Å²) in [5, 5.41) is 28.8. The van der Waals surface area contributed by atoms with Gasteiger partial charge in [0.1, 0.15) is 17.4 Å². The standard InChI is InChI=1S/C21H16ClN5O4/c1-2-30-12-8-6-11(7-9-12)19-18-16(13(10-23)20(24)31-21(18)26-25-19)17-14(22)4-3-5-15(17)27(28)29/h3-9,16H,2,24H2,1H3,(H,25,26)/t16-/m0/s1. The number of H-pyrrole nitrogens is 1. The highest BCUT2D eigenvalue weighted by Gasteiger charge is 2.40. The second-order valence-electron chi connectivity index (χ2n) is 6.63. The van der Waals surface area contributed by atoms with Crippen LogP contribution in [0.2, 0.25) is 5.02 Å². The maximum Gasteiger partial charge on any atom is 0.275 e. The molecule has 0 amide bonds. The van der Waals surface area contributed by atoms with Crippen molar-refractivity contribution in [1.82, 2.24) is 10.2 Å². The minimum atomic E-state index is -0.942. The fourth-order valence-corrected chi connectivity index (χ4v) is 3.89. The number of nitrogens with one attached hydrogen (secondary N) is 1. The Balaban J connectivity index is 1.96. The first kappa shape index (κ1) is 20.3. The van der Waals surface area contributed by atoms with Gasteiger partial charge in [0.05, 0.1) is 39.3 Å². The van der Waals surface area contributed by atoms with E-state index in [2.05, 4.69) is 10.2 Å². The number of nitriles is 1. The van der Waals surface area contributed by atoms with E-state index in [1.807, 2.05) is 25.1 Å². The van der Waals surface area contributed by atoms with Crippen LogP contribution >= 0.6 is 11.6 Å². The highest BCUT2D eigenvalue weighted by atomic mass is 35.5. The van der Waals surface area contributed by atoms with Crippen LogP contribution in [0.1, 0.15) is 24.0 Å². The predicted octanol–water partition coefficient (Wildman–Crippen LogP) is 4.26. The Morgan fingerprint density at radius 2 is 2.06 bits per heavy atom. The van der Waals surface area contributed by atoms with Gasteiger partial charge in [-0.15, -0.1) is 5.10 Å². The van der Waals surface area contributed by atoms with E-state index in [0.717, 1.165) is 5.56 Å². The lowest BCUT2D eigenvalue weighted by atomic mass is 9.82. The number of aromatic nitrogens is 2. The number of rotatable bonds is 5. The van der Waals surface area contributed by atoms with Crippen molar-refractivity contribution >= 4 is 17.3 Å². The summed E-state index contributed by atoms with van der Waals surface area (Å²) in [5.41, 5.74) is 7.57. The van der Waals surface area contributed by atoms with E-state index < -0.39 is 10.8 Å². The van der Waals surface area contributed by atoms with Crippen LogP contribution in [0, 0.1) is 21.4 Å². The third kappa shape index (κ3) is 3.43. The lowest BCUT2D eigenvalue weighted by Crippen LogP contribution is -2.21. The van der Waals surface area contributed by atoms with Gasteiger partial charge < -0.3 is 15.2 Å². The molecule has 0 fully saturated rings. The van der Waals surface area contributed by atoms with E-state index in [4.69, 9.17) is 26.8 Å². The van der Waals surface area contributed by atoms with Crippen LogP contribution in [0.4, 0.5) is 5.69 Å². The SMILES string of the molecule is CCOc1ccc(-c2[nH]nc3c2[C@H](c2c(Cl)cccc2[N+](=O)[O-])C(C#N)=C(N)O3)cc1. The van der Waals surface area contributed by atoms with Crippen molar-refractivity contribution in [3.63, 3.8) is 0 Å². The number of allylic oxidation sites excluding steroid dienone is 1. The number of fused-ring (bicyclic) bond motifs is 1. The number of aromatic amines is 1. The van der Waals surface area contributed by atoms with Crippen molar-refractivity contribution in [1.29, 1.82) is 5.26 Å². The molecule has 1 aromatic heterocycles. The summed E-state index contributed by atoms with van der Waals surface area (Å²) in [6.07, 6.45) is 0. The zero-order chi connectivity index (χ0) is 22.1. The molecule has 0 unspecified atom stereocenters. The van der Waals surface area contributed by atoms with E-state index in [-0.39, 0.29) is 33.6 Å². The van der Waals surface area contributed by atoms with Crippen molar-refractivity contribution in [2.45, 2.75) is 12.8 Å². The third-order valence-corrected chi connectivity index (χ3v) is 5.24. The van der Waals surface area contributed by atoms with E-state index in [1.54, 1.807) is 12.1 Å². The number of benzene rings is 2. The summed E-state index contributed by atoms with van der Waals surface area (Å²) >= 11 is 6.40. The lowest BCUT2D eigenvalue weighted by molar-refractivity contribution is -0.385. The number of hydrogen-bond donors (Lipinski definition) is 2. The van der Waals surface area contributed by atoms with Gasteiger partial charge in [-0.05, 0) is 37.3 Å². The van der Waals surface area contributed by atoms with Crippen LogP contribution in [0.15, 0.2) is 53.9 Å². The zero-order valence-electron chi connectivity index (χ0n) is 16.3. The maximum atomic E-state index is 11.7. The van der Waals surface area contributed by atoms with Crippen molar-refractivity contribution in [2.24, 2.45) is 5.73 Å². The van der Waals surface area contributed by atoms with Gasteiger partial charge in [0.25, 0.3) is 5.69 Å². The fraction of sp³-hybridized carbons (Fsp3) is 0.143. The first-order valence-electron chi connectivity index (χ1n) is 9.28. The van der Waals surface area contributed by atoms with Crippen LogP contribution in [0.25, 0.3) is 11.3 Å². The first-order chi connectivity index (χ1) is 15.0. The minimum Gasteiger partial charge on any atom is -0.494 e. The highest BCUT2D eigenvalue weighted by Crippen LogP contribution is 2.49. The summed E-state index contributed by atoms with van der Waals surface area (Å²) in [4.78, 5) is 11.2. The molecular weight excluding hydrogens is 422 g/mol. The summed E-state index contributed by atoms with van der Waals surface area (Å²) < 4.78 is 11.0. The molecule has 9 nitrogen and oxygen atoms in total. The quantitative estimate of drug-likeness (QED) is 0.448.